The van der Waals surface area contributed by atoms with Crippen molar-refractivity contribution < 1.29 is 27.8 Å². The van der Waals surface area contributed by atoms with Crippen molar-refractivity contribution in [1.82, 2.24) is 10.9 Å². The fourth-order valence-electron chi connectivity index (χ4n) is 5.25. The molecule has 4 aromatic carbocycles. The van der Waals surface area contributed by atoms with Gasteiger partial charge in [-0.15, -0.1) is 0 Å². The van der Waals surface area contributed by atoms with Crippen molar-refractivity contribution in [2.75, 3.05) is 25.5 Å². The van der Waals surface area contributed by atoms with Gasteiger partial charge in [0.15, 0.2) is 21.5 Å². The first kappa shape index (κ1) is 35.7. The molecule has 3 N–H and O–H groups in total. The maximum atomic E-state index is 14.3. The highest BCUT2D eigenvalue weighted by Crippen LogP contribution is 2.45. The zero-order valence-electron chi connectivity index (χ0n) is 25.7. The summed E-state index contributed by atoms with van der Waals surface area (Å²) in [5, 5.41) is 10.3. The molecule has 0 radical (unpaired) electrons. The first-order valence-corrected chi connectivity index (χ1v) is 18.0. The number of benzene rings is 4. The fourth-order valence-corrected chi connectivity index (χ4v) is 7.36. The van der Waals surface area contributed by atoms with Crippen molar-refractivity contribution in [1.29, 1.82) is 0 Å². The molecular weight excluding hydrogens is 697 g/mol. The molecule has 0 aliphatic carbocycles. The summed E-state index contributed by atoms with van der Waals surface area (Å²) in [5.74, 6) is -0.317. The Kier molecular flexibility index (Phi) is 12.0. The minimum Gasteiger partial charge on any atom is -0.494 e. The second-order valence-corrected chi connectivity index (χ2v) is 14.5. The lowest BCUT2D eigenvalue weighted by atomic mass is 9.85. The van der Waals surface area contributed by atoms with Crippen LogP contribution in [0.2, 0.25) is 15.1 Å². The third kappa shape index (κ3) is 8.68. The summed E-state index contributed by atoms with van der Waals surface area (Å²) in [5.41, 5.74) is 5.86. The van der Waals surface area contributed by atoms with E-state index in [-0.39, 0.29) is 28.8 Å². The van der Waals surface area contributed by atoms with E-state index in [1.807, 2.05) is 18.2 Å². The molecule has 4 aromatic rings. The fraction of sp³-hybridized carbons (Fsp3) is 0.257. The van der Waals surface area contributed by atoms with Crippen LogP contribution in [0.1, 0.15) is 35.6 Å². The van der Waals surface area contributed by atoms with Crippen LogP contribution in [0, 0.1) is 0 Å². The molecule has 1 aliphatic rings. The minimum absolute atomic E-state index is 0.0109. The number of ether oxygens (including phenoxy) is 2. The van der Waals surface area contributed by atoms with Gasteiger partial charge >= 0.3 is 0 Å². The van der Waals surface area contributed by atoms with Crippen LogP contribution < -0.4 is 15.6 Å². The summed E-state index contributed by atoms with van der Waals surface area (Å²) in [4.78, 5) is 19.3. The summed E-state index contributed by atoms with van der Waals surface area (Å²) >= 11 is 19.0. The summed E-state index contributed by atoms with van der Waals surface area (Å²) < 4.78 is 39.2. The highest BCUT2D eigenvalue weighted by atomic mass is 35.5. The zero-order valence-corrected chi connectivity index (χ0v) is 28.8. The number of halogens is 3. The standard InChI is InChI=1S/C35H34Cl3N3O6S/c36-26-7-4-6-24(22-26)16-18-39-41-34(43)35(17-21-48(44,45)29-8-2-1-3-9-29)32(30-15-12-27(37)23-31(30)38)47-33(40-35)25-10-13-28(14-11-25)46-20-5-19-42/h1-4,6-15,22-23,32,39,42H,5,16-21H2,(H,41,43)/t32-,35-/m0/s1. The van der Waals surface area contributed by atoms with E-state index < -0.39 is 33.1 Å². The van der Waals surface area contributed by atoms with Crippen molar-refractivity contribution in [3.63, 3.8) is 0 Å². The van der Waals surface area contributed by atoms with Gasteiger partial charge in [-0.1, -0.05) is 71.2 Å². The van der Waals surface area contributed by atoms with Gasteiger partial charge in [0.1, 0.15) is 5.75 Å². The Balaban J connectivity index is 1.50. The number of hydrogen-bond donors (Lipinski definition) is 3. The van der Waals surface area contributed by atoms with Crippen molar-refractivity contribution in [3.8, 4) is 5.75 Å². The Hall–Kier alpha value is -3.64. The van der Waals surface area contributed by atoms with Crippen LogP contribution in [-0.4, -0.2) is 56.4 Å². The number of nitrogens with one attached hydrogen (secondary N) is 2. The molecule has 13 heteroatoms. The lowest BCUT2D eigenvalue weighted by molar-refractivity contribution is -0.130. The monoisotopic (exact) mass is 729 g/mol. The van der Waals surface area contributed by atoms with E-state index in [0.717, 1.165) is 5.56 Å². The number of carbonyl (C=O) groups excluding carboxylic acids is 1. The van der Waals surface area contributed by atoms with Gasteiger partial charge in [0.05, 0.1) is 17.3 Å². The predicted molar refractivity (Wildman–Crippen MR) is 188 cm³/mol. The van der Waals surface area contributed by atoms with E-state index in [1.165, 1.54) is 18.2 Å². The van der Waals surface area contributed by atoms with Crippen LogP contribution in [0.4, 0.5) is 0 Å². The summed E-state index contributed by atoms with van der Waals surface area (Å²) in [6, 6.07) is 27.1. The molecule has 0 saturated heterocycles. The number of sulfone groups is 1. The van der Waals surface area contributed by atoms with Gasteiger partial charge in [0.25, 0.3) is 5.91 Å². The first-order chi connectivity index (χ1) is 23.1. The number of aliphatic imine (C=N–C) groups is 1. The molecule has 1 amide bonds. The van der Waals surface area contributed by atoms with Crippen molar-refractivity contribution in [2.45, 2.75) is 35.8 Å². The Morgan fingerprint density at radius 2 is 1.69 bits per heavy atom. The molecule has 0 saturated carbocycles. The normalized spacial score (nSPS) is 17.4. The number of amides is 1. The van der Waals surface area contributed by atoms with Crippen LogP contribution >= 0.6 is 34.8 Å². The van der Waals surface area contributed by atoms with E-state index in [9.17, 15) is 13.2 Å². The van der Waals surface area contributed by atoms with E-state index in [1.54, 1.807) is 60.7 Å². The molecular formula is C35H34Cl3N3O6S. The molecule has 5 rings (SSSR count). The molecule has 0 aromatic heterocycles. The molecule has 0 unspecified atom stereocenters. The van der Waals surface area contributed by atoms with Gasteiger partial charge in [0.2, 0.25) is 5.90 Å². The Morgan fingerprint density at radius 1 is 0.938 bits per heavy atom. The van der Waals surface area contributed by atoms with Gasteiger partial charge < -0.3 is 14.6 Å². The van der Waals surface area contributed by atoms with Crippen LogP contribution in [0.3, 0.4) is 0 Å². The number of aliphatic hydroxyl groups is 1. The number of hydrogen-bond acceptors (Lipinski definition) is 8. The van der Waals surface area contributed by atoms with Gasteiger partial charge in [-0.05, 0) is 72.6 Å². The van der Waals surface area contributed by atoms with E-state index >= 15 is 0 Å². The molecule has 252 valence electrons. The molecule has 2 atom stereocenters. The van der Waals surface area contributed by atoms with E-state index in [2.05, 4.69) is 10.9 Å². The summed E-state index contributed by atoms with van der Waals surface area (Å²) in [6.07, 6.45) is -0.307. The maximum absolute atomic E-state index is 14.3. The first-order valence-electron chi connectivity index (χ1n) is 15.2. The lowest BCUT2D eigenvalue weighted by Gasteiger charge is -2.31. The van der Waals surface area contributed by atoms with Crippen LogP contribution in [0.15, 0.2) is 107 Å². The molecule has 1 aliphatic heterocycles. The largest absolute Gasteiger partial charge is 0.494 e. The van der Waals surface area contributed by atoms with Crippen molar-refractivity contribution in [2.24, 2.45) is 4.99 Å². The Morgan fingerprint density at radius 3 is 2.40 bits per heavy atom. The third-order valence-corrected chi connectivity index (χ3v) is 10.3. The zero-order chi connectivity index (χ0) is 34.1. The molecule has 0 fully saturated rings. The van der Waals surface area contributed by atoms with Crippen molar-refractivity contribution in [3.05, 3.63) is 129 Å². The average molecular weight is 731 g/mol. The Bertz CT molecular complexity index is 1860. The summed E-state index contributed by atoms with van der Waals surface area (Å²) in [6.45, 7) is 0.705. The molecule has 0 spiro atoms. The number of carbonyl (C=O) groups is 1. The smallest absolute Gasteiger partial charge is 0.266 e. The molecule has 1 heterocycles. The second kappa shape index (κ2) is 16.2. The molecule has 48 heavy (non-hydrogen) atoms. The van der Waals surface area contributed by atoms with Crippen LogP contribution in [-0.2, 0) is 25.8 Å². The highest BCUT2D eigenvalue weighted by Gasteiger charge is 2.54. The predicted octanol–water partition coefficient (Wildman–Crippen LogP) is 6.39. The van der Waals surface area contributed by atoms with Gasteiger partial charge in [0, 0.05) is 52.2 Å². The summed E-state index contributed by atoms with van der Waals surface area (Å²) in [7, 11) is -3.83. The number of nitrogens with zero attached hydrogens (tertiary/aromatic N) is 1. The van der Waals surface area contributed by atoms with Crippen molar-refractivity contribution >= 4 is 56.4 Å². The van der Waals surface area contributed by atoms with Crippen LogP contribution in [0.25, 0.3) is 0 Å². The second-order valence-electron chi connectivity index (χ2n) is 11.1. The van der Waals surface area contributed by atoms with Gasteiger partial charge in [-0.3, -0.25) is 10.2 Å². The Labute approximate surface area is 294 Å². The quantitative estimate of drug-likeness (QED) is 0.0956. The highest BCUT2D eigenvalue weighted by molar-refractivity contribution is 7.91. The van der Waals surface area contributed by atoms with E-state index in [4.69, 9.17) is 54.4 Å². The number of hydrazine groups is 1. The topological polar surface area (TPSA) is 126 Å². The minimum atomic E-state index is -3.83. The molecule has 9 nitrogen and oxygen atoms in total. The SMILES string of the molecule is O=C(NNCCc1cccc(Cl)c1)[C@@]1(CCS(=O)(=O)c2ccccc2)N=C(c2ccc(OCCCO)cc2)O[C@H]1c1ccc(Cl)cc1Cl. The molecule has 0 bridgehead atoms. The maximum Gasteiger partial charge on any atom is 0.266 e. The average Bonchev–Trinajstić information content (AvgIpc) is 3.47. The number of rotatable bonds is 15. The number of aliphatic hydroxyl groups excluding tert-OH is 1. The van der Waals surface area contributed by atoms with Gasteiger partial charge in [-0.2, -0.15) is 0 Å². The van der Waals surface area contributed by atoms with Crippen LogP contribution in [0.5, 0.6) is 5.75 Å². The third-order valence-electron chi connectivity index (χ3n) is 7.76. The van der Waals surface area contributed by atoms with E-state index in [0.29, 0.717) is 52.9 Å². The lowest BCUT2D eigenvalue weighted by Crippen LogP contribution is -2.53. The van der Waals surface area contributed by atoms with Gasteiger partial charge in [-0.25, -0.2) is 18.8 Å².